The lowest BCUT2D eigenvalue weighted by Crippen LogP contribution is -2.30. The Labute approximate surface area is 190 Å². The standard InChI is InChI=1S/C28H56O2/c1-5-8-10-12-13-14-15-16-17-18-19-20-21-23-26-30-27(29)28(4,24-7-3)25-22-11-9-6-2/h5-26H2,1-4H3. The van der Waals surface area contributed by atoms with Crippen LogP contribution in [0.15, 0.2) is 0 Å². The molecule has 0 rings (SSSR count). The lowest BCUT2D eigenvalue weighted by molar-refractivity contribution is -0.156. The summed E-state index contributed by atoms with van der Waals surface area (Å²) in [6.07, 6.45) is 26.9. The molecule has 0 aliphatic rings. The van der Waals surface area contributed by atoms with Gasteiger partial charge >= 0.3 is 5.97 Å². The summed E-state index contributed by atoms with van der Waals surface area (Å²) in [5.41, 5.74) is -0.265. The summed E-state index contributed by atoms with van der Waals surface area (Å²) in [5, 5.41) is 0. The van der Waals surface area contributed by atoms with Gasteiger partial charge < -0.3 is 4.74 Å². The van der Waals surface area contributed by atoms with Gasteiger partial charge in [0.05, 0.1) is 12.0 Å². The second-order valence-electron chi connectivity index (χ2n) is 9.85. The van der Waals surface area contributed by atoms with Crippen LogP contribution in [0, 0.1) is 5.41 Å². The van der Waals surface area contributed by atoms with Gasteiger partial charge in [-0.3, -0.25) is 4.79 Å². The van der Waals surface area contributed by atoms with Crippen molar-refractivity contribution in [1.29, 1.82) is 0 Å². The van der Waals surface area contributed by atoms with Crippen LogP contribution in [0.4, 0.5) is 0 Å². The second kappa shape index (κ2) is 21.7. The average Bonchev–Trinajstić information content (AvgIpc) is 2.74. The lowest BCUT2D eigenvalue weighted by atomic mass is 9.80. The van der Waals surface area contributed by atoms with Crippen molar-refractivity contribution in [3.8, 4) is 0 Å². The van der Waals surface area contributed by atoms with E-state index in [0.717, 1.165) is 32.1 Å². The fourth-order valence-electron chi connectivity index (χ4n) is 4.46. The number of rotatable bonds is 23. The maximum Gasteiger partial charge on any atom is 0.311 e. The first-order valence-corrected chi connectivity index (χ1v) is 13.8. The molecule has 0 saturated heterocycles. The molecule has 0 fully saturated rings. The smallest absolute Gasteiger partial charge is 0.311 e. The number of esters is 1. The molecule has 0 N–H and O–H groups in total. The predicted octanol–water partition coefficient (Wildman–Crippen LogP) is 9.79. The van der Waals surface area contributed by atoms with Gasteiger partial charge in [0.25, 0.3) is 0 Å². The summed E-state index contributed by atoms with van der Waals surface area (Å²) in [6.45, 7) is 9.43. The first-order valence-electron chi connectivity index (χ1n) is 13.8. The fraction of sp³-hybridized carbons (Fsp3) is 0.964. The van der Waals surface area contributed by atoms with Crippen LogP contribution in [0.1, 0.15) is 163 Å². The Bertz CT molecular complexity index is 366. The van der Waals surface area contributed by atoms with Crippen LogP contribution in [-0.2, 0) is 9.53 Å². The highest BCUT2D eigenvalue weighted by Gasteiger charge is 2.33. The average molecular weight is 425 g/mol. The predicted molar refractivity (Wildman–Crippen MR) is 133 cm³/mol. The van der Waals surface area contributed by atoms with Crippen molar-refractivity contribution >= 4 is 5.97 Å². The van der Waals surface area contributed by atoms with Crippen molar-refractivity contribution in [2.24, 2.45) is 5.41 Å². The van der Waals surface area contributed by atoms with Crippen LogP contribution < -0.4 is 0 Å². The zero-order valence-electron chi connectivity index (χ0n) is 21.4. The summed E-state index contributed by atoms with van der Waals surface area (Å²) in [4.78, 5) is 12.6. The van der Waals surface area contributed by atoms with Gasteiger partial charge in [-0.2, -0.15) is 0 Å². The molecule has 2 nitrogen and oxygen atoms in total. The number of carbonyl (C=O) groups is 1. The van der Waals surface area contributed by atoms with E-state index in [9.17, 15) is 4.79 Å². The Morgan fingerprint density at radius 1 is 0.533 bits per heavy atom. The van der Waals surface area contributed by atoms with Crippen molar-refractivity contribution < 1.29 is 9.53 Å². The molecule has 0 bridgehead atoms. The first-order chi connectivity index (χ1) is 14.6. The van der Waals surface area contributed by atoms with E-state index in [1.165, 1.54) is 103 Å². The Hall–Kier alpha value is -0.530. The molecule has 0 aliphatic carbocycles. The topological polar surface area (TPSA) is 26.3 Å². The molecule has 180 valence electrons. The van der Waals surface area contributed by atoms with E-state index >= 15 is 0 Å². The summed E-state index contributed by atoms with van der Waals surface area (Å²) < 4.78 is 5.68. The number of ether oxygens (including phenoxy) is 1. The van der Waals surface area contributed by atoms with E-state index < -0.39 is 0 Å². The lowest BCUT2D eigenvalue weighted by Gasteiger charge is -2.27. The minimum Gasteiger partial charge on any atom is -0.465 e. The summed E-state index contributed by atoms with van der Waals surface area (Å²) in [7, 11) is 0. The molecule has 0 spiro atoms. The van der Waals surface area contributed by atoms with E-state index in [0.29, 0.717) is 6.61 Å². The van der Waals surface area contributed by atoms with E-state index in [1.54, 1.807) is 0 Å². The highest BCUT2D eigenvalue weighted by atomic mass is 16.5. The van der Waals surface area contributed by atoms with Crippen molar-refractivity contribution in [2.45, 2.75) is 163 Å². The van der Waals surface area contributed by atoms with Gasteiger partial charge in [-0.25, -0.2) is 0 Å². The zero-order valence-corrected chi connectivity index (χ0v) is 21.4. The summed E-state index contributed by atoms with van der Waals surface area (Å²) in [6, 6.07) is 0. The third-order valence-electron chi connectivity index (χ3n) is 6.61. The van der Waals surface area contributed by atoms with Crippen molar-refractivity contribution in [1.82, 2.24) is 0 Å². The SMILES string of the molecule is CCCCCCCCCCCCCCCCOC(=O)C(C)(CCC)CCCCCC. The minimum absolute atomic E-state index is 0.0514. The van der Waals surface area contributed by atoms with E-state index in [4.69, 9.17) is 4.74 Å². The van der Waals surface area contributed by atoms with Crippen molar-refractivity contribution in [3.05, 3.63) is 0 Å². The Morgan fingerprint density at radius 3 is 1.37 bits per heavy atom. The molecule has 30 heavy (non-hydrogen) atoms. The number of unbranched alkanes of at least 4 members (excludes halogenated alkanes) is 16. The highest BCUT2D eigenvalue weighted by Crippen LogP contribution is 2.32. The molecule has 0 radical (unpaired) electrons. The van der Waals surface area contributed by atoms with Crippen LogP contribution in [0.2, 0.25) is 0 Å². The van der Waals surface area contributed by atoms with E-state index in [1.807, 2.05) is 0 Å². The molecule has 0 saturated carbocycles. The molecule has 1 atom stereocenters. The van der Waals surface area contributed by atoms with Gasteiger partial charge in [0.2, 0.25) is 0 Å². The summed E-state index contributed by atoms with van der Waals surface area (Å²) in [5.74, 6) is 0.0514. The quantitative estimate of drug-likeness (QED) is 0.120. The zero-order chi connectivity index (χ0) is 22.3. The summed E-state index contributed by atoms with van der Waals surface area (Å²) >= 11 is 0. The number of hydrogen-bond acceptors (Lipinski definition) is 2. The maximum atomic E-state index is 12.6. The molecule has 0 aromatic carbocycles. The fourth-order valence-corrected chi connectivity index (χ4v) is 4.46. The van der Waals surface area contributed by atoms with Gasteiger partial charge in [0.15, 0.2) is 0 Å². The third-order valence-corrected chi connectivity index (χ3v) is 6.61. The molecular formula is C28H56O2. The second-order valence-corrected chi connectivity index (χ2v) is 9.85. The molecular weight excluding hydrogens is 368 g/mol. The van der Waals surface area contributed by atoms with Gasteiger partial charge in [-0.05, 0) is 26.2 Å². The Kier molecular flexibility index (Phi) is 21.3. The Morgan fingerprint density at radius 2 is 0.933 bits per heavy atom. The molecule has 0 aromatic heterocycles. The number of carbonyl (C=O) groups excluding carboxylic acids is 1. The molecule has 2 heteroatoms. The van der Waals surface area contributed by atoms with Crippen molar-refractivity contribution in [2.75, 3.05) is 6.61 Å². The van der Waals surface area contributed by atoms with Crippen LogP contribution in [0.5, 0.6) is 0 Å². The first kappa shape index (κ1) is 29.5. The largest absolute Gasteiger partial charge is 0.465 e. The van der Waals surface area contributed by atoms with Gasteiger partial charge in [-0.15, -0.1) is 0 Å². The van der Waals surface area contributed by atoms with Crippen LogP contribution in [-0.4, -0.2) is 12.6 Å². The maximum absolute atomic E-state index is 12.6. The van der Waals surface area contributed by atoms with Crippen molar-refractivity contribution in [3.63, 3.8) is 0 Å². The molecule has 0 aliphatic heterocycles. The van der Waals surface area contributed by atoms with Crippen LogP contribution >= 0.6 is 0 Å². The van der Waals surface area contributed by atoms with E-state index in [-0.39, 0.29) is 11.4 Å². The third kappa shape index (κ3) is 17.2. The molecule has 1 unspecified atom stereocenters. The van der Waals surface area contributed by atoms with Gasteiger partial charge in [0.1, 0.15) is 0 Å². The molecule has 0 aromatic rings. The van der Waals surface area contributed by atoms with E-state index in [2.05, 4.69) is 27.7 Å². The number of hydrogen-bond donors (Lipinski definition) is 0. The van der Waals surface area contributed by atoms with Crippen LogP contribution in [0.25, 0.3) is 0 Å². The van der Waals surface area contributed by atoms with Crippen LogP contribution in [0.3, 0.4) is 0 Å². The minimum atomic E-state index is -0.265. The molecule has 0 amide bonds. The Balaban J connectivity index is 3.59. The van der Waals surface area contributed by atoms with Gasteiger partial charge in [-0.1, -0.05) is 136 Å². The normalized spacial score (nSPS) is 13.3. The highest BCUT2D eigenvalue weighted by molar-refractivity contribution is 5.76. The molecule has 0 heterocycles. The van der Waals surface area contributed by atoms with Gasteiger partial charge in [0, 0.05) is 0 Å². The monoisotopic (exact) mass is 424 g/mol.